The Morgan fingerprint density at radius 2 is 1.93 bits per heavy atom. The smallest absolute Gasteiger partial charge is 0.257 e. The Labute approximate surface area is 275 Å². The predicted octanol–water partition coefficient (Wildman–Crippen LogP) is 4.99. The number of nitrogens with two attached hydrogens (primary N) is 1. The average molecular weight is 652 g/mol. The van der Waals surface area contributed by atoms with Gasteiger partial charge in [0.15, 0.2) is 11.6 Å². The lowest BCUT2D eigenvalue weighted by molar-refractivity contribution is -0.0355. The first kappa shape index (κ1) is 32.4. The number of rotatable bonds is 9. The van der Waals surface area contributed by atoms with Crippen molar-refractivity contribution in [1.29, 1.82) is 0 Å². The molecule has 2 saturated carbocycles. The molecule has 4 aliphatic rings. The number of pyridine rings is 1. The van der Waals surface area contributed by atoms with E-state index in [-0.39, 0.29) is 47.2 Å². The van der Waals surface area contributed by atoms with Crippen molar-refractivity contribution in [1.82, 2.24) is 24.8 Å². The second-order valence-corrected chi connectivity index (χ2v) is 13.5. The van der Waals surface area contributed by atoms with Crippen LogP contribution in [0.15, 0.2) is 43.0 Å². The van der Waals surface area contributed by atoms with Crippen LogP contribution in [0.5, 0.6) is 17.2 Å². The normalized spacial score (nSPS) is 21.8. The Hall–Kier alpha value is -3.54. The number of amides is 1. The van der Waals surface area contributed by atoms with Gasteiger partial charge >= 0.3 is 0 Å². The SMILES string of the molecule is CCN(C(=O)c1cc(F)ccc1Oc1cncnc1N1CC2(CC(Oc3ccnc4c3CN(C3CC(N)C3)CC4)C2)C1)C(C)C.Cl. The lowest BCUT2D eigenvalue weighted by atomic mass is 9.61. The molecule has 1 aromatic carbocycles. The van der Waals surface area contributed by atoms with E-state index in [9.17, 15) is 9.18 Å². The molecule has 0 unspecified atom stereocenters. The second-order valence-electron chi connectivity index (χ2n) is 13.5. The van der Waals surface area contributed by atoms with E-state index in [0.29, 0.717) is 30.2 Å². The van der Waals surface area contributed by atoms with Crippen molar-refractivity contribution in [3.8, 4) is 17.2 Å². The monoisotopic (exact) mass is 651 g/mol. The number of nitrogens with zero attached hydrogens (tertiary/aromatic N) is 6. The van der Waals surface area contributed by atoms with E-state index < -0.39 is 5.82 Å². The molecule has 7 rings (SSSR count). The van der Waals surface area contributed by atoms with E-state index in [1.165, 1.54) is 30.1 Å². The molecule has 2 N–H and O–H groups in total. The number of hydrogen-bond donors (Lipinski definition) is 1. The number of anilines is 1. The zero-order valence-corrected chi connectivity index (χ0v) is 27.5. The minimum atomic E-state index is -0.491. The Morgan fingerprint density at radius 3 is 2.65 bits per heavy atom. The third-order valence-electron chi connectivity index (χ3n) is 10.0. The van der Waals surface area contributed by atoms with E-state index >= 15 is 0 Å². The van der Waals surface area contributed by atoms with Gasteiger partial charge in [0.1, 0.15) is 29.7 Å². The predicted molar refractivity (Wildman–Crippen MR) is 175 cm³/mol. The largest absolute Gasteiger partial charge is 0.490 e. The molecule has 2 aliphatic carbocycles. The fourth-order valence-electron chi connectivity index (χ4n) is 7.52. The molecule has 2 aromatic heterocycles. The van der Waals surface area contributed by atoms with Crippen molar-refractivity contribution in [2.45, 2.75) is 83.6 Å². The van der Waals surface area contributed by atoms with Crippen LogP contribution in [0.2, 0.25) is 0 Å². The maximum Gasteiger partial charge on any atom is 0.257 e. The van der Waals surface area contributed by atoms with Crippen molar-refractivity contribution in [2.75, 3.05) is 31.1 Å². The van der Waals surface area contributed by atoms with Gasteiger partial charge in [0, 0.05) is 80.1 Å². The van der Waals surface area contributed by atoms with Gasteiger partial charge in [-0.25, -0.2) is 14.4 Å². The van der Waals surface area contributed by atoms with Gasteiger partial charge in [0.2, 0.25) is 0 Å². The Morgan fingerprint density at radius 1 is 1.15 bits per heavy atom. The fraction of sp³-hybridized carbons (Fsp3) is 0.529. The molecule has 2 aliphatic heterocycles. The standard InChI is InChI=1S/C34H42FN7O3.ClH/c1-4-42(21(2)3)33(43)26-11-22(35)5-6-29(26)45-31-16-37-20-39-32(31)41-18-34(19-41)14-25(15-34)44-30-7-9-38-28-8-10-40(17-27(28)30)24-12-23(36)13-24;/h5-7,9,11,16,20-21,23-25H,4,8,10,12-15,17-19,36H2,1-3H3;1H. The molecule has 46 heavy (non-hydrogen) atoms. The highest BCUT2D eigenvalue weighted by Gasteiger charge is 2.54. The van der Waals surface area contributed by atoms with Crippen LogP contribution < -0.4 is 20.1 Å². The molecule has 3 aromatic rings. The summed E-state index contributed by atoms with van der Waals surface area (Å²) in [4.78, 5) is 33.1. The molecule has 1 saturated heterocycles. The number of halogens is 2. The van der Waals surface area contributed by atoms with Crippen molar-refractivity contribution in [3.05, 3.63) is 65.6 Å². The zero-order valence-electron chi connectivity index (χ0n) is 26.7. The summed E-state index contributed by atoms with van der Waals surface area (Å²) in [6, 6.07) is 6.93. The number of carbonyl (C=O) groups is 1. The van der Waals surface area contributed by atoms with Crippen molar-refractivity contribution in [3.63, 3.8) is 0 Å². The Bertz CT molecular complexity index is 1570. The summed E-state index contributed by atoms with van der Waals surface area (Å²) in [5, 5.41) is 0. The Balaban J connectivity index is 0.00000372. The van der Waals surface area contributed by atoms with Gasteiger partial charge < -0.3 is 25.0 Å². The molecule has 10 nitrogen and oxygen atoms in total. The molecule has 1 spiro atoms. The summed E-state index contributed by atoms with van der Waals surface area (Å²) in [5.74, 6) is 1.59. The lowest BCUT2D eigenvalue weighted by Gasteiger charge is -2.59. The molecule has 1 amide bonds. The zero-order chi connectivity index (χ0) is 31.3. The highest BCUT2D eigenvalue weighted by atomic mass is 35.5. The summed E-state index contributed by atoms with van der Waals surface area (Å²) in [6.45, 7) is 9.86. The van der Waals surface area contributed by atoms with Gasteiger partial charge in [-0.1, -0.05) is 0 Å². The van der Waals surface area contributed by atoms with Crippen molar-refractivity contribution >= 4 is 24.1 Å². The van der Waals surface area contributed by atoms with Gasteiger partial charge in [-0.2, -0.15) is 0 Å². The van der Waals surface area contributed by atoms with Crippen LogP contribution in [0, 0.1) is 11.2 Å². The molecular formula is C34H43ClFN7O3. The number of ether oxygens (including phenoxy) is 2. The summed E-state index contributed by atoms with van der Waals surface area (Å²) < 4.78 is 27.1. The first-order valence-electron chi connectivity index (χ1n) is 16.2. The van der Waals surface area contributed by atoms with Gasteiger partial charge in [-0.15, -0.1) is 12.4 Å². The van der Waals surface area contributed by atoms with Gasteiger partial charge in [0.25, 0.3) is 5.91 Å². The topological polar surface area (TPSA) is 110 Å². The third-order valence-corrected chi connectivity index (χ3v) is 10.0. The molecule has 12 heteroatoms. The quantitative estimate of drug-likeness (QED) is 0.342. The highest BCUT2D eigenvalue weighted by Crippen LogP contribution is 2.52. The molecule has 0 atom stereocenters. The summed E-state index contributed by atoms with van der Waals surface area (Å²) >= 11 is 0. The Kier molecular flexibility index (Phi) is 9.11. The van der Waals surface area contributed by atoms with Crippen LogP contribution in [-0.4, -0.2) is 81.1 Å². The summed E-state index contributed by atoms with van der Waals surface area (Å²) in [6.07, 6.45) is 10.2. The molecule has 4 heterocycles. The first-order chi connectivity index (χ1) is 21.7. The van der Waals surface area contributed by atoms with Gasteiger partial charge in [-0.3, -0.25) is 14.7 Å². The van der Waals surface area contributed by atoms with E-state index in [1.807, 2.05) is 33.0 Å². The number of hydrogen-bond acceptors (Lipinski definition) is 9. The van der Waals surface area contributed by atoms with Crippen LogP contribution in [0.3, 0.4) is 0 Å². The minimum Gasteiger partial charge on any atom is -0.490 e. The van der Waals surface area contributed by atoms with Crippen LogP contribution in [0.1, 0.15) is 68.1 Å². The van der Waals surface area contributed by atoms with E-state index in [4.69, 9.17) is 15.2 Å². The molecule has 3 fully saturated rings. The molecule has 0 radical (unpaired) electrons. The lowest BCUT2D eigenvalue weighted by Crippen LogP contribution is -2.65. The summed E-state index contributed by atoms with van der Waals surface area (Å²) in [5.41, 5.74) is 8.80. The van der Waals surface area contributed by atoms with E-state index in [1.54, 1.807) is 11.1 Å². The fourth-order valence-corrected chi connectivity index (χ4v) is 7.52. The van der Waals surface area contributed by atoms with Crippen LogP contribution in [0.25, 0.3) is 0 Å². The van der Waals surface area contributed by atoms with Crippen molar-refractivity contribution < 1.29 is 18.7 Å². The van der Waals surface area contributed by atoms with Gasteiger partial charge in [0.05, 0.1) is 11.8 Å². The van der Waals surface area contributed by atoms with Gasteiger partial charge in [-0.05, 0) is 70.7 Å². The molecule has 246 valence electrons. The molecular weight excluding hydrogens is 609 g/mol. The first-order valence-corrected chi connectivity index (χ1v) is 16.2. The third kappa shape index (κ3) is 6.12. The molecule has 0 bridgehead atoms. The van der Waals surface area contributed by atoms with E-state index in [2.05, 4.69) is 24.8 Å². The summed E-state index contributed by atoms with van der Waals surface area (Å²) in [7, 11) is 0. The average Bonchev–Trinajstić information content (AvgIpc) is 2.97. The minimum absolute atomic E-state index is 0. The highest BCUT2D eigenvalue weighted by molar-refractivity contribution is 5.97. The maximum atomic E-state index is 14.3. The number of aromatic nitrogens is 3. The number of benzene rings is 1. The van der Waals surface area contributed by atoms with Crippen molar-refractivity contribution in [2.24, 2.45) is 11.1 Å². The van der Waals surface area contributed by atoms with Crippen LogP contribution in [-0.2, 0) is 13.0 Å². The van der Waals surface area contributed by atoms with Crippen LogP contribution in [0.4, 0.5) is 10.2 Å². The second kappa shape index (κ2) is 12.9. The number of fused-ring (bicyclic) bond motifs is 1. The number of carbonyl (C=O) groups excluding carboxylic acids is 1. The van der Waals surface area contributed by atoms with E-state index in [0.717, 1.165) is 69.7 Å². The van der Waals surface area contributed by atoms with Crippen LogP contribution >= 0.6 is 12.4 Å². The maximum absolute atomic E-state index is 14.3.